The molecule has 4 nitrogen and oxygen atoms in total. The number of hydrogen-bond donors (Lipinski definition) is 1. The van der Waals surface area contributed by atoms with Crippen molar-refractivity contribution in [2.75, 3.05) is 19.3 Å². The first-order valence-corrected chi connectivity index (χ1v) is 9.14. The van der Waals surface area contributed by atoms with Gasteiger partial charge in [-0.2, -0.15) is 0 Å². The van der Waals surface area contributed by atoms with Crippen LogP contribution in [0.1, 0.15) is 31.2 Å². The fraction of sp³-hybridized carbons (Fsp3) is 0.625. The minimum absolute atomic E-state index is 0.377. The molecule has 2 aliphatic rings. The van der Waals surface area contributed by atoms with Crippen LogP contribution < -0.4 is 5.73 Å². The lowest BCUT2D eigenvalue weighted by Gasteiger charge is -2.27. The lowest BCUT2D eigenvalue weighted by atomic mass is 9.89. The smallest absolute Gasteiger partial charge is 0.243 e. The summed E-state index contributed by atoms with van der Waals surface area (Å²) in [6, 6.07) is 5.00. The number of sulfonamides is 1. The average molecular weight is 308 g/mol. The largest absolute Gasteiger partial charge is 0.399 e. The Morgan fingerprint density at radius 3 is 2.62 bits per heavy atom. The zero-order valence-corrected chi connectivity index (χ0v) is 13.6. The predicted octanol–water partition coefficient (Wildman–Crippen LogP) is 2.63. The van der Waals surface area contributed by atoms with Gasteiger partial charge in [0.15, 0.2) is 0 Å². The van der Waals surface area contributed by atoms with E-state index in [4.69, 9.17) is 5.73 Å². The van der Waals surface area contributed by atoms with Gasteiger partial charge in [0, 0.05) is 19.3 Å². The first-order valence-electron chi connectivity index (χ1n) is 7.70. The van der Waals surface area contributed by atoms with Crippen molar-refractivity contribution in [3.8, 4) is 0 Å². The van der Waals surface area contributed by atoms with E-state index in [2.05, 4.69) is 0 Å². The minimum Gasteiger partial charge on any atom is -0.399 e. The first-order chi connectivity index (χ1) is 9.88. The monoisotopic (exact) mass is 308 g/mol. The summed E-state index contributed by atoms with van der Waals surface area (Å²) >= 11 is 0. The molecule has 2 bridgehead atoms. The molecule has 0 radical (unpaired) electrons. The molecule has 2 saturated carbocycles. The van der Waals surface area contributed by atoms with Crippen LogP contribution in [0.2, 0.25) is 0 Å². The van der Waals surface area contributed by atoms with Crippen LogP contribution in [0.15, 0.2) is 23.1 Å². The van der Waals surface area contributed by atoms with Crippen molar-refractivity contribution in [2.45, 2.75) is 37.5 Å². The maximum absolute atomic E-state index is 12.7. The molecule has 2 N–H and O–H groups in total. The van der Waals surface area contributed by atoms with Gasteiger partial charge in [0.25, 0.3) is 0 Å². The van der Waals surface area contributed by atoms with Crippen LogP contribution >= 0.6 is 0 Å². The molecular formula is C16H24N2O2S. The number of aryl methyl sites for hydroxylation is 1. The van der Waals surface area contributed by atoms with E-state index in [1.165, 1.54) is 30.0 Å². The van der Waals surface area contributed by atoms with E-state index in [9.17, 15) is 8.42 Å². The van der Waals surface area contributed by atoms with Gasteiger partial charge in [-0.3, -0.25) is 0 Å². The minimum atomic E-state index is -3.41. The highest BCUT2D eigenvalue weighted by atomic mass is 32.2. The zero-order chi connectivity index (χ0) is 15.2. The van der Waals surface area contributed by atoms with Crippen LogP contribution in [-0.2, 0) is 10.0 Å². The van der Waals surface area contributed by atoms with Gasteiger partial charge >= 0.3 is 0 Å². The van der Waals surface area contributed by atoms with Crippen LogP contribution in [0.4, 0.5) is 5.69 Å². The number of nitrogen functional groups attached to an aromatic ring is 1. The van der Waals surface area contributed by atoms with Crippen LogP contribution in [0.5, 0.6) is 0 Å². The Hall–Kier alpha value is -1.07. The predicted molar refractivity (Wildman–Crippen MR) is 84.3 cm³/mol. The highest BCUT2D eigenvalue weighted by Gasteiger charge is 2.40. The van der Waals surface area contributed by atoms with E-state index in [0.29, 0.717) is 23.0 Å². The molecule has 0 aromatic heterocycles. The molecule has 116 valence electrons. The number of anilines is 1. The molecule has 5 heteroatoms. The number of hydrogen-bond acceptors (Lipinski definition) is 3. The van der Waals surface area contributed by atoms with Gasteiger partial charge in [-0.15, -0.1) is 0 Å². The van der Waals surface area contributed by atoms with Crippen LogP contribution in [-0.4, -0.2) is 26.3 Å². The maximum atomic E-state index is 12.7. The van der Waals surface area contributed by atoms with E-state index in [1.54, 1.807) is 32.2 Å². The van der Waals surface area contributed by atoms with E-state index < -0.39 is 10.0 Å². The molecule has 0 saturated heterocycles. The molecule has 1 aromatic carbocycles. The van der Waals surface area contributed by atoms with E-state index >= 15 is 0 Å². The fourth-order valence-electron chi connectivity index (χ4n) is 4.16. The summed E-state index contributed by atoms with van der Waals surface area (Å²) in [4.78, 5) is 0.377. The topological polar surface area (TPSA) is 63.4 Å². The summed E-state index contributed by atoms with van der Waals surface area (Å²) in [6.45, 7) is 2.45. The van der Waals surface area contributed by atoms with Gasteiger partial charge in [0.1, 0.15) is 0 Å². The van der Waals surface area contributed by atoms with Gasteiger partial charge in [-0.25, -0.2) is 12.7 Å². The van der Waals surface area contributed by atoms with Gasteiger partial charge in [-0.05, 0) is 67.7 Å². The standard InChI is InChI=1S/C16H24N2O2S/c1-11-7-15(17)5-6-16(11)21(19,20)18(2)10-14-9-12-3-4-13(14)8-12/h5-7,12-14H,3-4,8-10,17H2,1-2H3. The van der Waals surface area contributed by atoms with Crippen LogP contribution in [0, 0.1) is 24.7 Å². The average Bonchev–Trinajstić information content (AvgIpc) is 3.00. The van der Waals surface area contributed by atoms with Crippen molar-refractivity contribution in [1.29, 1.82) is 0 Å². The summed E-state index contributed by atoms with van der Waals surface area (Å²) in [5, 5.41) is 0. The molecule has 3 unspecified atom stereocenters. The molecule has 0 heterocycles. The first kappa shape index (κ1) is 14.9. The lowest BCUT2D eigenvalue weighted by molar-refractivity contribution is 0.280. The molecule has 3 atom stereocenters. The molecular weight excluding hydrogens is 284 g/mol. The zero-order valence-electron chi connectivity index (χ0n) is 12.7. The second-order valence-electron chi connectivity index (χ2n) is 6.75. The Morgan fingerprint density at radius 1 is 1.29 bits per heavy atom. The molecule has 2 fully saturated rings. The Labute approximate surface area is 127 Å². The van der Waals surface area contributed by atoms with E-state index in [0.717, 1.165) is 17.4 Å². The number of fused-ring (bicyclic) bond motifs is 2. The van der Waals surface area contributed by atoms with Crippen molar-refractivity contribution in [3.05, 3.63) is 23.8 Å². The van der Waals surface area contributed by atoms with Crippen molar-refractivity contribution in [3.63, 3.8) is 0 Å². The molecule has 21 heavy (non-hydrogen) atoms. The second kappa shape index (κ2) is 5.29. The van der Waals surface area contributed by atoms with Crippen LogP contribution in [0.25, 0.3) is 0 Å². The normalized spacial score (nSPS) is 28.4. The Bertz CT molecular complexity index is 642. The fourth-order valence-corrected chi connectivity index (χ4v) is 5.59. The summed E-state index contributed by atoms with van der Waals surface area (Å²) < 4.78 is 27.0. The summed E-state index contributed by atoms with van der Waals surface area (Å²) in [5.74, 6) is 2.12. The van der Waals surface area contributed by atoms with Crippen molar-refractivity contribution >= 4 is 15.7 Å². The molecule has 0 spiro atoms. The second-order valence-corrected chi connectivity index (χ2v) is 8.76. The Kier molecular flexibility index (Phi) is 3.74. The quantitative estimate of drug-likeness (QED) is 0.870. The third-order valence-electron chi connectivity index (χ3n) is 5.26. The highest BCUT2D eigenvalue weighted by Crippen LogP contribution is 2.48. The van der Waals surface area contributed by atoms with Gasteiger partial charge < -0.3 is 5.73 Å². The molecule has 1 aromatic rings. The summed E-state index contributed by atoms with van der Waals surface area (Å²) in [7, 11) is -1.71. The number of nitrogens with zero attached hydrogens (tertiary/aromatic N) is 1. The van der Waals surface area contributed by atoms with Crippen LogP contribution in [0.3, 0.4) is 0 Å². The third-order valence-corrected chi connectivity index (χ3v) is 7.25. The van der Waals surface area contributed by atoms with Gasteiger partial charge in [0.2, 0.25) is 10.0 Å². The SMILES string of the molecule is Cc1cc(N)ccc1S(=O)(=O)N(C)CC1CC2CCC1C2. The number of benzene rings is 1. The highest BCUT2D eigenvalue weighted by molar-refractivity contribution is 7.89. The number of nitrogens with two attached hydrogens (primary N) is 1. The molecule has 3 rings (SSSR count). The molecule has 2 aliphatic carbocycles. The number of rotatable bonds is 4. The van der Waals surface area contributed by atoms with Gasteiger partial charge in [0.05, 0.1) is 4.90 Å². The molecule has 0 amide bonds. The molecule has 0 aliphatic heterocycles. The summed E-state index contributed by atoms with van der Waals surface area (Å²) in [6.07, 6.45) is 5.13. The maximum Gasteiger partial charge on any atom is 0.243 e. The van der Waals surface area contributed by atoms with Crippen molar-refractivity contribution in [1.82, 2.24) is 4.31 Å². The Balaban J connectivity index is 1.78. The van der Waals surface area contributed by atoms with Crippen molar-refractivity contribution in [2.24, 2.45) is 17.8 Å². The summed E-state index contributed by atoms with van der Waals surface area (Å²) in [5.41, 5.74) is 7.03. The van der Waals surface area contributed by atoms with E-state index in [1.807, 2.05) is 0 Å². The van der Waals surface area contributed by atoms with Gasteiger partial charge in [-0.1, -0.05) is 6.42 Å². The lowest BCUT2D eigenvalue weighted by Crippen LogP contribution is -2.34. The Morgan fingerprint density at radius 2 is 2.05 bits per heavy atom. The third kappa shape index (κ3) is 2.69. The van der Waals surface area contributed by atoms with Crippen molar-refractivity contribution < 1.29 is 8.42 Å². The van der Waals surface area contributed by atoms with E-state index in [-0.39, 0.29) is 0 Å².